The van der Waals surface area contributed by atoms with Crippen molar-refractivity contribution in [2.24, 2.45) is 0 Å². The van der Waals surface area contributed by atoms with Crippen molar-refractivity contribution in [3.8, 4) is 0 Å². The number of fused-ring (bicyclic) bond motifs is 1. The summed E-state index contributed by atoms with van der Waals surface area (Å²) in [7, 11) is -1.56. The summed E-state index contributed by atoms with van der Waals surface area (Å²) in [5.41, 5.74) is 1.95. The van der Waals surface area contributed by atoms with Crippen LogP contribution in [-0.2, 0) is 0 Å². The third-order valence-corrected chi connectivity index (χ3v) is 2.05. The summed E-state index contributed by atoms with van der Waals surface area (Å²) in [5, 5.41) is 17.9. The van der Waals surface area contributed by atoms with Gasteiger partial charge >= 0.3 is 12.9 Å². The Morgan fingerprint density at radius 3 is 2.79 bits per heavy atom. The van der Waals surface area contributed by atoms with E-state index in [1.807, 2.05) is 0 Å². The molecule has 0 saturated heterocycles. The lowest BCUT2D eigenvalue weighted by Crippen LogP contribution is -2.29. The van der Waals surface area contributed by atoms with Crippen LogP contribution in [0.2, 0.25) is 0 Å². The largest absolute Gasteiger partial charge is 0.488 e. The average molecular weight is 193 g/mol. The monoisotopic (exact) mass is 193 g/mol. The number of aryl methyl sites for hydroxylation is 1. The van der Waals surface area contributed by atoms with Gasteiger partial charge in [0.2, 0.25) is 0 Å². The molecular weight excluding hydrogens is 185 g/mol. The van der Waals surface area contributed by atoms with Crippen molar-refractivity contribution in [3.63, 3.8) is 0 Å². The molecule has 2 rings (SSSR count). The molecule has 0 radical (unpaired) electrons. The SMILES string of the molecule is Cc1cc(B(O)O)cc2oc(=O)[nH]c12. The minimum Gasteiger partial charge on any atom is -0.423 e. The number of rotatable bonds is 1. The fourth-order valence-corrected chi connectivity index (χ4v) is 1.40. The number of hydrogen-bond acceptors (Lipinski definition) is 4. The van der Waals surface area contributed by atoms with Crippen molar-refractivity contribution < 1.29 is 14.5 Å². The predicted molar refractivity (Wildman–Crippen MR) is 51.4 cm³/mol. The molecule has 6 heteroatoms. The van der Waals surface area contributed by atoms with E-state index in [2.05, 4.69) is 4.98 Å². The zero-order chi connectivity index (χ0) is 10.3. The molecule has 0 spiro atoms. The second-order valence-corrected chi connectivity index (χ2v) is 3.10. The van der Waals surface area contributed by atoms with Crippen molar-refractivity contribution >= 4 is 23.7 Å². The van der Waals surface area contributed by atoms with Gasteiger partial charge in [0.05, 0.1) is 5.52 Å². The molecule has 14 heavy (non-hydrogen) atoms. The minimum atomic E-state index is -1.56. The Bertz CT molecular complexity index is 528. The van der Waals surface area contributed by atoms with Gasteiger partial charge in [0, 0.05) is 0 Å². The maximum atomic E-state index is 10.9. The van der Waals surface area contributed by atoms with Crippen molar-refractivity contribution in [3.05, 3.63) is 28.2 Å². The third kappa shape index (κ3) is 1.34. The number of aromatic nitrogens is 1. The van der Waals surface area contributed by atoms with Gasteiger partial charge in [-0.15, -0.1) is 0 Å². The van der Waals surface area contributed by atoms with Gasteiger partial charge in [-0.05, 0) is 24.0 Å². The first-order valence-corrected chi connectivity index (χ1v) is 4.07. The van der Waals surface area contributed by atoms with Crippen molar-refractivity contribution in [2.75, 3.05) is 0 Å². The summed E-state index contributed by atoms with van der Waals surface area (Å²) in [6, 6.07) is 3.00. The van der Waals surface area contributed by atoms with E-state index in [1.165, 1.54) is 6.07 Å². The number of nitrogens with one attached hydrogen (secondary N) is 1. The van der Waals surface area contributed by atoms with Crippen molar-refractivity contribution in [1.82, 2.24) is 4.98 Å². The molecule has 0 fully saturated rings. The van der Waals surface area contributed by atoms with Crippen molar-refractivity contribution in [2.45, 2.75) is 6.92 Å². The number of benzene rings is 1. The van der Waals surface area contributed by atoms with Crippen LogP contribution in [0.5, 0.6) is 0 Å². The Labute approximate surface area is 79.1 Å². The zero-order valence-electron chi connectivity index (χ0n) is 7.44. The van der Waals surface area contributed by atoms with E-state index in [1.54, 1.807) is 13.0 Å². The van der Waals surface area contributed by atoms with Crippen LogP contribution in [0.15, 0.2) is 21.3 Å². The Balaban J connectivity index is 2.77. The summed E-state index contributed by atoms with van der Waals surface area (Å²) < 4.78 is 4.81. The Kier molecular flexibility index (Phi) is 1.94. The lowest BCUT2D eigenvalue weighted by molar-refractivity contribution is 0.425. The standard InChI is InChI=1S/C8H8BNO4/c1-4-2-5(9(12)13)3-6-7(4)10-8(11)14-6/h2-3,12-13H,1H3,(H,10,11). The summed E-state index contributed by atoms with van der Waals surface area (Å²) >= 11 is 0. The zero-order valence-corrected chi connectivity index (χ0v) is 7.44. The lowest BCUT2D eigenvalue weighted by Gasteiger charge is -2.00. The van der Waals surface area contributed by atoms with E-state index in [0.29, 0.717) is 16.6 Å². The van der Waals surface area contributed by atoms with E-state index in [9.17, 15) is 4.79 Å². The van der Waals surface area contributed by atoms with Gasteiger partial charge in [-0.3, -0.25) is 4.98 Å². The van der Waals surface area contributed by atoms with E-state index in [0.717, 1.165) is 5.56 Å². The Morgan fingerprint density at radius 2 is 2.14 bits per heavy atom. The van der Waals surface area contributed by atoms with E-state index in [4.69, 9.17) is 14.5 Å². The molecule has 0 amide bonds. The van der Waals surface area contributed by atoms with Crippen LogP contribution in [-0.4, -0.2) is 22.2 Å². The first-order chi connectivity index (χ1) is 6.58. The second kappa shape index (κ2) is 3.00. The fraction of sp³-hybridized carbons (Fsp3) is 0.125. The van der Waals surface area contributed by atoms with Crippen LogP contribution in [0.4, 0.5) is 0 Å². The summed E-state index contributed by atoms with van der Waals surface area (Å²) in [4.78, 5) is 13.4. The lowest BCUT2D eigenvalue weighted by atomic mass is 9.79. The molecule has 72 valence electrons. The highest BCUT2D eigenvalue weighted by molar-refractivity contribution is 6.58. The molecule has 1 aromatic carbocycles. The van der Waals surface area contributed by atoms with Gasteiger partial charge in [-0.1, -0.05) is 6.07 Å². The molecule has 1 aromatic heterocycles. The average Bonchev–Trinajstić information content (AvgIpc) is 2.45. The molecule has 0 saturated carbocycles. The number of aromatic amines is 1. The van der Waals surface area contributed by atoms with Gasteiger partial charge in [0.1, 0.15) is 0 Å². The third-order valence-electron chi connectivity index (χ3n) is 2.05. The van der Waals surface area contributed by atoms with Gasteiger partial charge < -0.3 is 14.5 Å². The molecule has 5 nitrogen and oxygen atoms in total. The summed E-state index contributed by atoms with van der Waals surface area (Å²) in [6.45, 7) is 1.75. The molecule has 0 atom stereocenters. The smallest absolute Gasteiger partial charge is 0.423 e. The van der Waals surface area contributed by atoms with E-state index in [-0.39, 0.29) is 0 Å². The van der Waals surface area contributed by atoms with Gasteiger partial charge in [-0.25, -0.2) is 4.79 Å². The molecule has 0 aliphatic carbocycles. The normalized spacial score (nSPS) is 10.8. The van der Waals surface area contributed by atoms with Crippen LogP contribution >= 0.6 is 0 Å². The maximum absolute atomic E-state index is 10.9. The maximum Gasteiger partial charge on any atom is 0.488 e. The number of hydrogen-bond donors (Lipinski definition) is 3. The van der Waals surface area contributed by atoms with Gasteiger partial charge in [0.15, 0.2) is 5.58 Å². The Morgan fingerprint density at radius 1 is 1.43 bits per heavy atom. The van der Waals surface area contributed by atoms with Crippen LogP contribution in [0.25, 0.3) is 11.1 Å². The molecule has 3 N–H and O–H groups in total. The summed E-state index contributed by atoms with van der Waals surface area (Å²) in [6.07, 6.45) is 0. The van der Waals surface area contributed by atoms with Gasteiger partial charge in [0.25, 0.3) is 0 Å². The Hall–Kier alpha value is -1.53. The number of H-pyrrole nitrogens is 1. The summed E-state index contributed by atoms with van der Waals surface area (Å²) in [5.74, 6) is -0.548. The number of oxazole rings is 1. The molecule has 0 bridgehead atoms. The van der Waals surface area contributed by atoms with Crippen LogP contribution in [0, 0.1) is 6.92 Å². The molecule has 0 aliphatic rings. The quantitative estimate of drug-likeness (QED) is 0.512. The minimum absolute atomic E-state index is 0.303. The van der Waals surface area contributed by atoms with E-state index >= 15 is 0 Å². The molecular formula is C8H8BNO4. The van der Waals surface area contributed by atoms with Crippen LogP contribution < -0.4 is 11.2 Å². The molecule has 0 unspecified atom stereocenters. The van der Waals surface area contributed by atoms with Crippen LogP contribution in [0.3, 0.4) is 0 Å². The van der Waals surface area contributed by atoms with E-state index < -0.39 is 12.9 Å². The van der Waals surface area contributed by atoms with Crippen molar-refractivity contribution in [1.29, 1.82) is 0 Å². The van der Waals surface area contributed by atoms with Gasteiger partial charge in [-0.2, -0.15) is 0 Å². The second-order valence-electron chi connectivity index (χ2n) is 3.10. The highest BCUT2D eigenvalue weighted by atomic mass is 16.4. The molecule has 2 aromatic rings. The van der Waals surface area contributed by atoms with Crippen LogP contribution in [0.1, 0.15) is 5.56 Å². The topological polar surface area (TPSA) is 86.5 Å². The predicted octanol–water partition coefficient (Wildman–Crippen LogP) is -0.891. The highest BCUT2D eigenvalue weighted by Crippen LogP contribution is 2.12. The first-order valence-electron chi connectivity index (χ1n) is 4.07. The molecule has 0 aliphatic heterocycles. The molecule has 1 heterocycles. The highest BCUT2D eigenvalue weighted by Gasteiger charge is 2.14. The first kappa shape index (κ1) is 9.05. The fourth-order valence-electron chi connectivity index (χ4n) is 1.40.